The number of rotatable bonds is 7. The first-order valence-corrected chi connectivity index (χ1v) is 8.09. The van der Waals surface area contributed by atoms with Crippen molar-refractivity contribution in [3.05, 3.63) is 71.8 Å². The summed E-state index contributed by atoms with van der Waals surface area (Å²) >= 11 is 0.931. The first kappa shape index (κ1) is 17.0. The standard InChI is InChI=1S/C18H16O4S/c19-16(13-7-3-1-4-8-13)11-15(17(20)21)12-23-18(22)14-9-5-2-6-10-14/h1-10,15H,11-12H2,(H,20,21). The van der Waals surface area contributed by atoms with Crippen LogP contribution in [-0.2, 0) is 4.79 Å². The summed E-state index contributed by atoms with van der Waals surface area (Å²) < 4.78 is 0. The molecule has 0 heterocycles. The fraction of sp³-hybridized carbons (Fsp3) is 0.167. The average Bonchev–Trinajstić information content (AvgIpc) is 2.59. The molecule has 0 spiro atoms. The van der Waals surface area contributed by atoms with Crippen LogP contribution in [0.3, 0.4) is 0 Å². The van der Waals surface area contributed by atoms with E-state index in [4.69, 9.17) is 0 Å². The Hall–Kier alpha value is -2.40. The molecular weight excluding hydrogens is 312 g/mol. The minimum absolute atomic E-state index is 0.0711. The molecule has 0 aliphatic rings. The van der Waals surface area contributed by atoms with Gasteiger partial charge in [-0.25, -0.2) is 0 Å². The zero-order valence-electron chi connectivity index (χ0n) is 12.3. The zero-order valence-corrected chi connectivity index (χ0v) is 13.2. The minimum atomic E-state index is -1.07. The molecule has 0 fully saturated rings. The first-order valence-electron chi connectivity index (χ1n) is 7.11. The number of carboxylic acids is 1. The topological polar surface area (TPSA) is 71.4 Å². The van der Waals surface area contributed by atoms with Crippen LogP contribution in [-0.4, -0.2) is 27.7 Å². The molecule has 0 saturated carbocycles. The van der Waals surface area contributed by atoms with Gasteiger partial charge in [-0.1, -0.05) is 72.4 Å². The van der Waals surface area contributed by atoms with Gasteiger partial charge >= 0.3 is 5.97 Å². The lowest BCUT2D eigenvalue weighted by Gasteiger charge is -2.11. The van der Waals surface area contributed by atoms with Crippen LogP contribution in [0, 0.1) is 5.92 Å². The summed E-state index contributed by atoms with van der Waals surface area (Å²) in [7, 11) is 0. The van der Waals surface area contributed by atoms with Crippen molar-refractivity contribution in [2.45, 2.75) is 6.42 Å². The number of Topliss-reactive ketones (excluding diaryl/α,β-unsaturated/α-hetero) is 1. The molecule has 0 amide bonds. The summed E-state index contributed by atoms with van der Waals surface area (Å²) in [6, 6.07) is 17.2. The van der Waals surface area contributed by atoms with E-state index in [1.165, 1.54) is 0 Å². The van der Waals surface area contributed by atoms with Gasteiger partial charge in [0.2, 0.25) is 5.12 Å². The Morgan fingerprint density at radius 1 is 0.870 bits per heavy atom. The molecule has 0 radical (unpaired) electrons. The molecule has 0 aliphatic carbocycles. The van der Waals surface area contributed by atoms with E-state index in [9.17, 15) is 19.5 Å². The summed E-state index contributed by atoms with van der Waals surface area (Å²) in [6.45, 7) is 0. The highest BCUT2D eigenvalue weighted by molar-refractivity contribution is 8.14. The number of hydrogen-bond acceptors (Lipinski definition) is 4. The van der Waals surface area contributed by atoms with E-state index in [0.29, 0.717) is 11.1 Å². The van der Waals surface area contributed by atoms with Crippen LogP contribution in [0.4, 0.5) is 0 Å². The second-order valence-electron chi connectivity index (χ2n) is 4.99. The molecule has 0 aliphatic heterocycles. The smallest absolute Gasteiger partial charge is 0.307 e. The fourth-order valence-corrected chi connectivity index (χ4v) is 2.93. The van der Waals surface area contributed by atoms with Gasteiger partial charge in [0.25, 0.3) is 0 Å². The van der Waals surface area contributed by atoms with Crippen molar-refractivity contribution in [3.63, 3.8) is 0 Å². The lowest BCUT2D eigenvalue weighted by Crippen LogP contribution is -2.21. The quantitative estimate of drug-likeness (QED) is 0.787. The molecule has 2 aromatic rings. The van der Waals surface area contributed by atoms with Gasteiger partial charge in [-0.3, -0.25) is 14.4 Å². The van der Waals surface area contributed by atoms with Gasteiger partial charge in [0, 0.05) is 23.3 Å². The van der Waals surface area contributed by atoms with E-state index >= 15 is 0 Å². The molecule has 0 saturated heterocycles. The lowest BCUT2D eigenvalue weighted by atomic mass is 10.00. The Bertz CT molecular complexity index is 683. The molecule has 23 heavy (non-hydrogen) atoms. The molecular formula is C18H16O4S. The van der Waals surface area contributed by atoms with Crippen molar-refractivity contribution in [2.24, 2.45) is 5.92 Å². The van der Waals surface area contributed by atoms with Crippen molar-refractivity contribution in [2.75, 3.05) is 5.75 Å². The molecule has 118 valence electrons. The fourth-order valence-electron chi connectivity index (χ4n) is 2.02. The van der Waals surface area contributed by atoms with Crippen molar-refractivity contribution in [3.8, 4) is 0 Å². The zero-order chi connectivity index (χ0) is 16.7. The molecule has 2 aromatic carbocycles. The molecule has 0 bridgehead atoms. The largest absolute Gasteiger partial charge is 0.481 e. The predicted molar refractivity (Wildman–Crippen MR) is 89.7 cm³/mol. The summed E-state index contributed by atoms with van der Waals surface area (Å²) in [4.78, 5) is 35.5. The van der Waals surface area contributed by atoms with Gasteiger partial charge in [-0.15, -0.1) is 0 Å². The van der Waals surface area contributed by atoms with E-state index in [1.807, 2.05) is 0 Å². The summed E-state index contributed by atoms with van der Waals surface area (Å²) in [5.41, 5.74) is 1.01. The van der Waals surface area contributed by atoms with Gasteiger partial charge in [-0.2, -0.15) is 0 Å². The van der Waals surface area contributed by atoms with E-state index in [-0.39, 0.29) is 23.1 Å². The van der Waals surface area contributed by atoms with Gasteiger partial charge in [-0.05, 0) is 0 Å². The molecule has 1 unspecified atom stereocenters. The minimum Gasteiger partial charge on any atom is -0.481 e. The number of carbonyl (C=O) groups excluding carboxylic acids is 2. The monoisotopic (exact) mass is 328 g/mol. The van der Waals surface area contributed by atoms with Crippen LogP contribution in [0.1, 0.15) is 27.1 Å². The van der Waals surface area contributed by atoms with Crippen LogP contribution in [0.5, 0.6) is 0 Å². The van der Waals surface area contributed by atoms with Crippen LogP contribution in [0.25, 0.3) is 0 Å². The number of thioether (sulfide) groups is 1. The predicted octanol–water partition coefficient (Wildman–Crippen LogP) is 3.53. The summed E-state index contributed by atoms with van der Waals surface area (Å²) in [5.74, 6) is -2.12. The number of hydrogen-bond donors (Lipinski definition) is 1. The molecule has 4 nitrogen and oxygen atoms in total. The van der Waals surface area contributed by atoms with E-state index in [2.05, 4.69) is 0 Å². The maximum absolute atomic E-state index is 12.1. The van der Waals surface area contributed by atoms with Crippen LogP contribution in [0.15, 0.2) is 60.7 Å². The Labute approximate surface area is 138 Å². The second-order valence-corrected chi connectivity index (χ2v) is 5.99. The average molecular weight is 328 g/mol. The highest BCUT2D eigenvalue weighted by atomic mass is 32.2. The molecule has 1 atom stereocenters. The van der Waals surface area contributed by atoms with Gasteiger partial charge < -0.3 is 5.11 Å². The third-order valence-electron chi connectivity index (χ3n) is 3.30. The normalized spacial score (nSPS) is 11.7. The van der Waals surface area contributed by atoms with Crippen molar-refractivity contribution in [1.82, 2.24) is 0 Å². The molecule has 0 aromatic heterocycles. The Balaban J connectivity index is 1.96. The van der Waals surface area contributed by atoms with Crippen molar-refractivity contribution in [1.29, 1.82) is 0 Å². The van der Waals surface area contributed by atoms with Crippen molar-refractivity contribution < 1.29 is 19.5 Å². The van der Waals surface area contributed by atoms with E-state index in [1.54, 1.807) is 60.7 Å². The maximum Gasteiger partial charge on any atom is 0.307 e. The van der Waals surface area contributed by atoms with Crippen LogP contribution >= 0.6 is 11.8 Å². The highest BCUT2D eigenvalue weighted by Gasteiger charge is 2.23. The molecule has 5 heteroatoms. The van der Waals surface area contributed by atoms with Crippen molar-refractivity contribution >= 4 is 28.6 Å². The molecule has 1 N–H and O–H groups in total. The van der Waals surface area contributed by atoms with Crippen LogP contribution in [0.2, 0.25) is 0 Å². The number of aliphatic carboxylic acids is 1. The van der Waals surface area contributed by atoms with Gasteiger partial charge in [0.05, 0.1) is 5.92 Å². The summed E-state index contributed by atoms with van der Waals surface area (Å²) in [5, 5.41) is 9.08. The van der Waals surface area contributed by atoms with Gasteiger partial charge in [0.15, 0.2) is 5.78 Å². The SMILES string of the molecule is O=C(CC(CSC(=O)c1ccccc1)C(=O)O)c1ccccc1. The summed E-state index contributed by atoms with van der Waals surface area (Å²) in [6.07, 6.45) is -0.117. The Morgan fingerprint density at radius 3 is 1.91 bits per heavy atom. The number of carboxylic acid groups (broad SMARTS) is 1. The lowest BCUT2D eigenvalue weighted by molar-refractivity contribution is -0.140. The number of ketones is 1. The third-order valence-corrected chi connectivity index (χ3v) is 4.37. The van der Waals surface area contributed by atoms with Gasteiger partial charge in [0.1, 0.15) is 0 Å². The maximum atomic E-state index is 12.1. The number of benzene rings is 2. The van der Waals surface area contributed by atoms with E-state index < -0.39 is 11.9 Å². The second kappa shape index (κ2) is 8.29. The number of carbonyl (C=O) groups is 3. The first-order chi connectivity index (χ1) is 11.1. The molecule has 2 rings (SSSR count). The third kappa shape index (κ3) is 5.07. The highest BCUT2D eigenvalue weighted by Crippen LogP contribution is 2.20. The van der Waals surface area contributed by atoms with Crippen LogP contribution < -0.4 is 0 Å². The Kier molecular flexibility index (Phi) is 6.11. The Morgan fingerprint density at radius 2 is 1.39 bits per heavy atom. The van der Waals surface area contributed by atoms with E-state index in [0.717, 1.165) is 11.8 Å².